The van der Waals surface area contributed by atoms with Crippen LogP contribution in [-0.2, 0) is 6.42 Å². The molecule has 1 unspecified atom stereocenters. The maximum absolute atomic E-state index is 6.13. The molecule has 2 nitrogen and oxygen atoms in total. The van der Waals surface area contributed by atoms with Crippen LogP contribution in [0, 0.1) is 0 Å². The van der Waals surface area contributed by atoms with Crippen molar-refractivity contribution >= 4 is 11.4 Å². The van der Waals surface area contributed by atoms with E-state index in [1.807, 2.05) is 0 Å². The largest absolute Gasteiger partial charge is 0.341 e. The molecule has 124 valence electrons. The minimum absolute atomic E-state index is 0.269. The van der Waals surface area contributed by atoms with E-state index in [2.05, 4.69) is 73.3 Å². The predicted octanol–water partition coefficient (Wildman–Crippen LogP) is 5.29. The third kappa shape index (κ3) is 5.40. The van der Waals surface area contributed by atoms with Crippen LogP contribution in [-0.4, -0.2) is 12.6 Å². The van der Waals surface area contributed by atoms with Gasteiger partial charge in [0.05, 0.1) is 0 Å². The number of nitrogens with zero attached hydrogens (tertiary/aromatic N) is 1. The fraction of sp³-hybridized carbons (Fsp3) is 0.429. The normalized spacial score (nSPS) is 12.1. The maximum atomic E-state index is 6.13. The quantitative estimate of drug-likeness (QED) is 0.681. The highest BCUT2D eigenvalue weighted by Crippen LogP contribution is 2.26. The molecule has 0 saturated carbocycles. The summed E-state index contributed by atoms with van der Waals surface area (Å²) < 4.78 is 0. The highest BCUT2D eigenvalue weighted by molar-refractivity contribution is 5.63. The van der Waals surface area contributed by atoms with Gasteiger partial charge in [-0.2, -0.15) is 0 Å². The van der Waals surface area contributed by atoms with E-state index in [4.69, 9.17) is 5.73 Å². The lowest BCUT2D eigenvalue weighted by Crippen LogP contribution is -2.27. The highest BCUT2D eigenvalue weighted by atomic mass is 15.1. The summed E-state index contributed by atoms with van der Waals surface area (Å²) in [7, 11) is 0. The van der Waals surface area contributed by atoms with E-state index in [1.54, 1.807) is 0 Å². The zero-order chi connectivity index (χ0) is 16.5. The highest BCUT2D eigenvalue weighted by Gasteiger charge is 2.11. The predicted molar refractivity (Wildman–Crippen MR) is 101 cm³/mol. The molecule has 0 fully saturated rings. The molecule has 0 aliphatic heterocycles. The topological polar surface area (TPSA) is 29.3 Å². The summed E-state index contributed by atoms with van der Waals surface area (Å²) in [6.07, 6.45) is 5.70. The first-order chi connectivity index (χ1) is 11.2. The smallest absolute Gasteiger partial charge is 0.0410 e. The molecule has 0 aromatic heterocycles. The van der Waals surface area contributed by atoms with Crippen LogP contribution in [0.25, 0.3) is 0 Å². The molecule has 1 atom stereocenters. The van der Waals surface area contributed by atoms with Crippen LogP contribution in [0.15, 0.2) is 54.6 Å². The van der Waals surface area contributed by atoms with Gasteiger partial charge in [-0.1, -0.05) is 50.6 Å². The van der Waals surface area contributed by atoms with Crippen molar-refractivity contribution in [2.45, 2.75) is 52.0 Å². The lowest BCUT2D eigenvalue weighted by atomic mass is 10.1. The molecule has 2 aromatic rings. The van der Waals surface area contributed by atoms with Crippen molar-refractivity contribution in [3.8, 4) is 0 Å². The van der Waals surface area contributed by atoms with Crippen LogP contribution >= 0.6 is 0 Å². The number of aryl methyl sites for hydroxylation is 1. The molecule has 0 radical (unpaired) electrons. The average molecular weight is 310 g/mol. The van der Waals surface area contributed by atoms with Crippen LogP contribution < -0.4 is 10.6 Å². The standard InChI is InChI=1S/C21H30N2/c1-3-5-9-18-12-14-21(15-13-18)23(17-16-19(22)4-2)20-10-7-6-8-11-20/h6-8,10-15,19H,3-5,9,16-17,22H2,1-2H3. The molecule has 0 aliphatic carbocycles. The molecule has 0 aliphatic rings. The molecule has 2 N–H and O–H groups in total. The Morgan fingerprint density at radius 3 is 2.17 bits per heavy atom. The van der Waals surface area contributed by atoms with Crippen LogP contribution in [0.4, 0.5) is 11.4 Å². The van der Waals surface area contributed by atoms with E-state index >= 15 is 0 Å². The maximum Gasteiger partial charge on any atom is 0.0410 e. The Balaban J connectivity index is 2.15. The van der Waals surface area contributed by atoms with Crippen molar-refractivity contribution in [3.63, 3.8) is 0 Å². The molecule has 0 saturated heterocycles. The summed E-state index contributed by atoms with van der Waals surface area (Å²) in [5.41, 5.74) is 10.0. The Hall–Kier alpha value is -1.80. The second kappa shape index (κ2) is 9.36. The van der Waals surface area contributed by atoms with Gasteiger partial charge < -0.3 is 10.6 Å². The number of hydrogen-bond donors (Lipinski definition) is 1. The number of rotatable bonds is 9. The first-order valence-corrected chi connectivity index (χ1v) is 8.91. The zero-order valence-electron chi connectivity index (χ0n) is 14.5. The summed E-state index contributed by atoms with van der Waals surface area (Å²) in [6.45, 7) is 5.34. The van der Waals surface area contributed by atoms with Gasteiger partial charge in [0, 0.05) is 24.0 Å². The van der Waals surface area contributed by atoms with Crippen molar-refractivity contribution in [1.82, 2.24) is 0 Å². The van der Waals surface area contributed by atoms with Gasteiger partial charge in [-0.3, -0.25) is 0 Å². The summed E-state index contributed by atoms with van der Waals surface area (Å²) in [5.74, 6) is 0. The van der Waals surface area contributed by atoms with Crippen molar-refractivity contribution in [2.24, 2.45) is 5.73 Å². The molecule has 2 aromatic carbocycles. The van der Waals surface area contributed by atoms with Gasteiger partial charge in [-0.25, -0.2) is 0 Å². The van der Waals surface area contributed by atoms with Crippen LogP contribution in [0.2, 0.25) is 0 Å². The molecular formula is C21H30N2. The van der Waals surface area contributed by atoms with Gasteiger partial charge >= 0.3 is 0 Å². The van der Waals surface area contributed by atoms with Crippen molar-refractivity contribution in [2.75, 3.05) is 11.4 Å². The van der Waals surface area contributed by atoms with E-state index in [0.29, 0.717) is 0 Å². The Bertz CT molecular complexity index is 548. The Morgan fingerprint density at radius 2 is 1.57 bits per heavy atom. The molecule has 23 heavy (non-hydrogen) atoms. The average Bonchev–Trinajstić information content (AvgIpc) is 2.61. The number of para-hydroxylation sites is 1. The number of hydrogen-bond acceptors (Lipinski definition) is 2. The second-order valence-electron chi connectivity index (χ2n) is 6.21. The van der Waals surface area contributed by atoms with Gasteiger partial charge in [0.1, 0.15) is 0 Å². The van der Waals surface area contributed by atoms with Crippen LogP contribution in [0.3, 0.4) is 0 Å². The number of nitrogens with two attached hydrogens (primary N) is 1. The Labute approximate surface area is 141 Å². The first kappa shape index (κ1) is 17.6. The van der Waals surface area contributed by atoms with E-state index in [0.717, 1.165) is 19.4 Å². The summed E-state index contributed by atoms with van der Waals surface area (Å²) in [5, 5.41) is 0. The van der Waals surface area contributed by atoms with Crippen LogP contribution in [0.5, 0.6) is 0 Å². The molecule has 2 rings (SSSR count). The SMILES string of the molecule is CCCCc1ccc(N(CCC(N)CC)c2ccccc2)cc1. The van der Waals surface area contributed by atoms with Crippen molar-refractivity contribution < 1.29 is 0 Å². The van der Waals surface area contributed by atoms with Crippen molar-refractivity contribution in [1.29, 1.82) is 0 Å². The Morgan fingerprint density at radius 1 is 0.913 bits per heavy atom. The number of benzene rings is 2. The summed E-state index contributed by atoms with van der Waals surface area (Å²) in [4.78, 5) is 2.37. The first-order valence-electron chi connectivity index (χ1n) is 8.91. The summed E-state index contributed by atoms with van der Waals surface area (Å²) in [6, 6.07) is 19.9. The number of anilines is 2. The number of unbranched alkanes of at least 4 members (excludes halogenated alkanes) is 1. The fourth-order valence-corrected chi connectivity index (χ4v) is 2.74. The van der Waals surface area contributed by atoms with E-state index in [9.17, 15) is 0 Å². The molecule has 0 spiro atoms. The molecule has 0 bridgehead atoms. The minimum Gasteiger partial charge on any atom is -0.341 e. The summed E-state index contributed by atoms with van der Waals surface area (Å²) >= 11 is 0. The third-order valence-corrected chi connectivity index (χ3v) is 4.38. The van der Waals surface area contributed by atoms with E-state index in [-0.39, 0.29) is 6.04 Å². The molecular weight excluding hydrogens is 280 g/mol. The Kier molecular flexibility index (Phi) is 7.15. The molecule has 2 heteroatoms. The molecule has 0 heterocycles. The van der Waals surface area contributed by atoms with Gasteiger partial charge in [-0.15, -0.1) is 0 Å². The van der Waals surface area contributed by atoms with Gasteiger partial charge in [-0.05, 0) is 55.5 Å². The van der Waals surface area contributed by atoms with E-state index in [1.165, 1.54) is 36.2 Å². The van der Waals surface area contributed by atoms with Crippen molar-refractivity contribution in [3.05, 3.63) is 60.2 Å². The molecule has 0 amide bonds. The lowest BCUT2D eigenvalue weighted by molar-refractivity contribution is 0.599. The van der Waals surface area contributed by atoms with Gasteiger partial charge in [0.2, 0.25) is 0 Å². The zero-order valence-corrected chi connectivity index (χ0v) is 14.5. The minimum atomic E-state index is 0.269. The third-order valence-electron chi connectivity index (χ3n) is 4.38. The second-order valence-corrected chi connectivity index (χ2v) is 6.21. The fourth-order valence-electron chi connectivity index (χ4n) is 2.74. The van der Waals surface area contributed by atoms with Gasteiger partial charge in [0.25, 0.3) is 0 Å². The lowest BCUT2D eigenvalue weighted by Gasteiger charge is -2.26. The van der Waals surface area contributed by atoms with E-state index < -0.39 is 0 Å². The van der Waals surface area contributed by atoms with Crippen LogP contribution in [0.1, 0.15) is 45.1 Å². The van der Waals surface area contributed by atoms with Gasteiger partial charge in [0.15, 0.2) is 0 Å². The monoisotopic (exact) mass is 310 g/mol.